The first kappa shape index (κ1) is 15.9. The van der Waals surface area contributed by atoms with Gasteiger partial charge in [-0.15, -0.1) is 0 Å². The Morgan fingerprint density at radius 1 is 1.17 bits per heavy atom. The molecular weight excluding hydrogens is 338 g/mol. The number of ether oxygens (including phenoxy) is 1. The Morgan fingerprint density at radius 3 is 2.70 bits per heavy atom. The molecule has 3 rings (SSSR count). The van der Waals surface area contributed by atoms with Crippen LogP contribution in [0.15, 0.2) is 41.6 Å². The van der Waals surface area contributed by atoms with E-state index in [-0.39, 0.29) is 4.90 Å². The van der Waals surface area contributed by atoms with E-state index in [4.69, 9.17) is 16.3 Å². The van der Waals surface area contributed by atoms with Crippen molar-refractivity contribution >= 4 is 33.0 Å². The highest BCUT2D eigenvalue weighted by atomic mass is 35.5. The lowest BCUT2D eigenvalue weighted by Gasteiger charge is -2.36. The number of rotatable bonds is 3. The standard InChI is InChI=1S/C15H16ClN3O3S/c1-18-5-6-19(14-4-3-11(16)7-15(14)18)23(20,21)13-8-12(22-2)9-17-10-13/h3-4,7-10H,5-6H2,1-2H3. The maximum Gasteiger partial charge on any atom is 0.266 e. The number of pyridine rings is 1. The van der Waals surface area contributed by atoms with Crippen LogP contribution in [0.5, 0.6) is 5.75 Å². The predicted octanol–water partition coefficient (Wildman–Crippen LogP) is 2.39. The van der Waals surface area contributed by atoms with E-state index in [9.17, 15) is 8.42 Å². The third kappa shape index (κ3) is 2.82. The summed E-state index contributed by atoms with van der Waals surface area (Å²) in [4.78, 5) is 6.02. The van der Waals surface area contributed by atoms with E-state index in [1.54, 1.807) is 18.2 Å². The van der Waals surface area contributed by atoms with Crippen LogP contribution in [0.2, 0.25) is 5.02 Å². The first-order valence-corrected chi connectivity index (χ1v) is 8.78. The van der Waals surface area contributed by atoms with Crippen LogP contribution < -0.4 is 13.9 Å². The van der Waals surface area contributed by atoms with Crippen molar-refractivity contribution in [1.29, 1.82) is 0 Å². The molecule has 0 unspecified atom stereocenters. The van der Waals surface area contributed by atoms with Gasteiger partial charge >= 0.3 is 0 Å². The van der Waals surface area contributed by atoms with Crippen LogP contribution >= 0.6 is 11.6 Å². The van der Waals surface area contributed by atoms with Crippen LogP contribution in [-0.4, -0.2) is 40.6 Å². The SMILES string of the molecule is COc1cncc(S(=O)(=O)N2CCN(C)c3cc(Cl)ccc32)c1. The van der Waals surface area contributed by atoms with Crippen LogP contribution in [0.3, 0.4) is 0 Å². The molecule has 1 aromatic carbocycles. The molecule has 6 nitrogen and oxygen atoms in total. The molecule has 0 amide bonds. The third-order valence-electron chi connectivity index (χ3n) is 3.77. The Morgan fingerprint density at radius 2 is 1.96 bits per heavy atom. The van der Waals surface area contributed by atoms with Crippen molar-refractivity contribution in [2.45, 2.75) is 4.90 Å². The molecule has 0 bridgehead atoms. The molecule has 0 spiro atoms. The average Bonchev–Trinajstić information content (AvgIpc) is 2.55. The van der Waals surface area contributed by atoms with Crippen LogP contribution in [0.4, 0.5) is 11.4 Å². The summed E-state index contributed by atoms with van der Waals surface area (Å²) < 4.78 is 32.4. The van der Waals surface area contributed by atoms with Gasteiger partial charge in [-0.2, -0.15) is 0 Å². The second-order valence-electron chi connectivity index (χ2n) is 5.19. The van der Waals surface area contributed by atoms with Gasteiger partial charge in [-0.25, -0.2) is 8.42 Å². The zero-order valence-corrected chi connectivity index (χ0v) is 14.3. The smallest absolute Gasteiger partial charge is 0.266 e. The molecule has 0 saturated carbocycles. The predicted molar refractivity (Wildman–Crippen MR) is 90.0 cm³/mol. The summed E-state index contributed by atoms with van der Waals surface area (Å²) in [6.45, 7) is 0.925. The first-order chi connectivity index (χ1) is 10.9. The van der Waals surface area contributed by atoms with Crippen molar-refractivity contribution in [2.24, 2.45) is 0 Å². The fourth-order valence-corrected chi connectivity index (χ4v) is 4.14. The van der Waals surface area contributed by atoms with E-state index in [1.807, 2.05) is 11.9 Å². The molecule has 0 atom stereocenters. The molecule has 23 heavy (non-hydrogen) atoms. The normalized spacial score (nSPS) is 14.6. The fraction of sp³-hybridized carbons (Fsp3) is 0.267. The number of aromatic nitrogens is 1. The number of hydrogen-bond acceptors (Lipinski definition) is 5. The maximum atomic E-state index is 13.0. The number of nitrogens with zero attached hydrogens (tertiary/aromatic N) is 3. The quantitative estimate of drug-likeness (QED) is 0.847. The molecule has 8 heteroatoms. The molecule has 122 valence electrons. The second-order valence-corrected chi connectivity index (χ2v) is 7.49. The molecule has 0 fully saturated rings. The summed E-state index contributed by atoms with van der Waals surface area (Å²) >= 11 is 6.04. The van der Waals surface area contributed by atoms with Crippen LogP contribution in [0.1, 0.15) is 0 Å². The zero-order valence-electron chi connectivity index (χ0n) is 12.7. The van der Waals surface area contributed by atoms with Crippen molar-refractivity contribution in [3.63, 3.8) is 0 Å². The van der Waals surface area contributed by atoms with E-state index in [0.29, 0.717) is 29.5 Å². The highest BCUT2D eigenvalue weighted by Gasteiger charge is 2.31. The van der Waals surface area contributed by atoms with Crippen molar-refractivity contribution < 1.29 is 13.2 Å². The van der Waals surface area contributed by atoms with Gasteiger partial charge in [-0.1, -0.05) is 11.6 Å². The number of likely N-dealkylation sites (N-methyl/N-ethyl adjacent to an activating group) is 1. The summed E-state index contributed by atoms with van der Waals surface area (Å²) in [7, 11) is -0.341. The lowest BCUT2D eigenvalue weighted by atomic mass is 10.2. The van der Waals surface area contributed by atoms with E-state index in [1.165, 1.54) is 29.9 Å². The van der Waals surface area contributed by atoms with Crippen molar-refractivity contribution in [1.82, 2.24) is 4.98 Å². The van der Waals surface area contributed by atoms with Gasteiger partial charge in [0, 0.05) is 30.9 Å². The molecule has 1 aliphatic heterocycles. The van der Waals surface area contributed by atoms with Crippen molar-refractivity contribution in [3.05, 3.63) is 41.7 Å². The van der Waals surface area contributed by atoms with E-state index < -0.39 is 10.0 Å². The Kier molecular flexibility index (Phi) is 4.08. The number of hydrogen-bond donors (Lipinski definition) is 0. The van der Waals surface area contributed by atoms with E-state index in [0.717, 1.165) is 5.69 Å². The topological polar surface area (TPSA) is 62.7 Å². The molecule has 1 aromatic heterocycles. The molecule has 2 heterocycles. The Balaban J connectivity index is 2.09. The molecule has 0 radical (unpaired) electrons. The highest BCUT2D eigenvalue weighted by Crippen LogP contribution is 2.37. The van der Waals surface area contributed by atoms with Gasteiger partial charge in [0.15, 0.2) is 0 Å². The van der Waals surface area contributed by atoms with Crippen LogP contribution in [-0.2, 0) is 10.0 Å². The van der Waals surface area contributed by atoms with Gasteiger partial charge in [-0.3, -0.25) is 9.29 Å². The lowest BCUT2D eigenvalue weighted by Crippen LogP contribution is -2.42. The van der Waals surface area contributed by atoms with Gasteiger partial charge < -0.3 is 9.64 Å². The molecule has 2 aromatic rings. The van der Waals surface area contributed by atoms with Crippen molar-refractivity contribution in [2.75, 3.05) is 36.5 Å². The molecule has 0 aliphatic carbocycles. The zero-order chi connectivity index (χ0) is 16.6. The maximum absolute atomic E-state index is 13.0. The number of anilines is 2. The van der Waals surface area contributed by atoms with Gasteiger partial charge in [-0.05, 0) is 18.2 Å². The summed E-state index contributed by atoms with van der Waals surface area (Å²) in [5.41, 5.74) is 1.38. The van der Waals surface area contributed by atoms with Crippen LogP contribution in [0, 0.1) is 0 Å². The lowest BCUT2D eigenvalue weighted by molar-refractivity contribution is 0.411. The van der Waals surface area contributed by atoms with Gasteiger partial charge in [0.25, 0.3) is 10.0 Å². The first-order valence-electron chi connectivity index (χ1n) is 6.96. The summed E-state index contributed by atoms with van der Waals surface area (Å²) in [6.07, 6.45) is 2.79. The highest BCUT2D eigenvalue weighted by molar-refractivity contribution is 7.92. The fourth-order valence-electron chi connectivity index (χ4n) is 2.52. The number of sulfonamides is 1. The Bertz CT molecular complexity index is 842. The van der Waals surface area contributed by atoms with Gasteiger partial charge in [0.05, 0.1) is 31.2 Å². The van der Waals surface area contributed by atoms with Gasteiger partial charge in [0.2, 0.25) is 0 Å². The minimum atomic E-state index is -3.72. The second kappa shape index (κ2) is 5.90. The number of halogens is 1. The Hall–Kier alpha value is -1.99. The Labute approximate surface area is 140 Å². The molecule has 0 N–H and O–H groups in total. The molecule has 0 saturated heterocycles. The minimum absolute atomic E-state index is 0.0994. The summed E-state index contributed by atoms with van der Waals surface area (Å²) in [5, 5.41) is 0.567. The summed E-state index contributed by atoms with van der Waals surface area (Å²) in [5.74, 6) is 0.400. The minimum Gasteiger partial charge on any atom is -0.495 e. The monoisotopic (exact) mass is 353 g/mol. The van der Waals surface area contributed by atoms with Crippen LogP contribution in [0.25, 0.3) is 0 Å². The van der Waals surface area contributed by atoms with E-state index >= 15 is 0 Å². The van der Waals surface area contributed by atoms with Gasteiger partial charge in [0.1, 0.15) is 10.6 Å². The van der Waals surface area contributed by atoms with Crippen molar-refractivity contribution in [3.8, 4) is 5.75 Å². The molecule has 1 aliphatic rings. The largest absolute Gasteiger partial charge is 0.495 e. The van der Waals surface area contributed by atoms with E-state index in [2.05, 4.69) is 4.98 Å². The number of methoxy groups -OCH3 is 1. The average molecular weight is 354 g/mol. The third-order valence-corrected chi connectivity index (χ3v) is 5.78. The number of fused-ring (bicyclic) bond motifs is 1. The summed E-state index contributed by atoms with van der Waals surface area (Å²) in [6, 6.07) is 6.64. The molecular formula is C15H16ClN3O3S. The number of benzene rings is 1.